The summed E-state index contributed by atoms with van der Waals surface area (Å²) in [5.41, 5.74) is -1.05. The highest BCUT2D eigenvalue weighted by Gasteiger charge is 2.31. The van der Waals surface area contributed by atoms with Crippen molar-refractivity contribution in [2.24, 2.45) is 0 Å². The molecule has 10 nitrogen and oxygen atoms in total. The van der Waals surface area contributed by atoms with Crippen LogP contribution in [0.3, 0.4) is 0 Å². The second kappa shape index (κ2) is 7.90. The number of anilines is 1. The Labute approximate surface area is 193 Å². The Kier molecular flexibility index (Phi) is 4.97. The quantitative estimate of drug-likeness (QED) is 0.350. The second-order valence-electron chi connectivity index (χ2n) is 7.57. The summed E-state index contributed by atoms with van der Waals surface area (Å²) in [6, 6.07) is 9.73. The molecule has 5 rings (SSSR count). The smallest absolute Gasteiger partial charge is 0.292 e. The first-order valence-corrected chi connectivity index (χ1v) is 10.1. The average Bonchev–Trinajstić information content (AvgIpc) is 3.28. The molecular formula is C22H13F3N6O4. The zero-order chi connectivity index (χ0) is 24.9. The van der Waals surface area contributed by atoms with E-state index in [-0.39, 0.29) is 40.3 Å². The molecule has 0 bridgehead atoms. The maximum absolute atomic E-state index is 13.2. The summed E-state index contributed by atoms with van der Waals surface area (Å²) in [4.78, 5) is 39.6. The summed E-state index contributed by atoms with van der Waals surface area (Å²) in [6.45, 7) is 0.0611. The largest absolute Gasteiger partial charge is 0.416 e. The molecular weight excluding hydrogens is 469 g/mol. The van der Waals surface area contributed by atoms with Gasteiger partial charge in [-0.2, -0.15) is 23.3 Å². The number of carbonyl (C=O) groups is 1. The lowest BCUT2D eigenvalue weighted by atomic mass is 10.1. The zero-order valence-electron chi connectivity index (χ0n) is 17.5. The number of carbonyl (C=O) groups excluding carboxylic acids is 1. The van der Waals surface area contributed by atoms with Gasteiger partial charge in [-0.1, -0.05) is 18.2 Å². The summed E-state index contributed by atoms with van der Waals surface area (Å²) >= 11 is 0. The molecule has 0 unspecified atom stereocenters. The number of nitrogens with one attached hydrogen (secondary N) is 1. The van der Waals surface area contributed by atoms with Crippen molar-refractivity contribution >= 4 is 34.3 Å². The summed E-state index contributed by atoms with van der Waals surface area (Å²) in [7, 11) is 0. The predicted molar refractivity (Wildman–Crippen MR) is 118 cm³/mol. The molecule has 0 saturated heterocycles. The van der Waals surface area contributed by atoms with Gasteiger partial charge in [-0.15, -0.1) is 0 Å². The van der Waals surface area contributed by atoms with Crippen LogP contribution in [-0.2, 0) is 12.7 Å². The van der Waals surface area contributed by atoms with E-state index in [1.165, 1.54) is 45.8 Å². The molecule has 0 radical (unpaired) electrons. The molecule has 0 atom stereocenters. The van der Waals surface area contributed by atoms with Crippen LogP contribution in [0, 0.1) is 10.1 Å². The SMILES string of the molecule is O=C(Nc1nc(=O)c2cnn3c2n1CC=C3c1cccc(C(F)(F)F)c1)c1cccc([N+](=O)[O-])c1. The van der Waals surface area contributed by atoms with Crippen molar-refractivity contribution in [3.8, 4) is 0 Å². The number of alkyl halides is 3. The van der Waals surface area contributed by atoms with Crippen molar-refractivity contribution < 1.29 is 22.9 Å². The lowest BCUT2D eigenvalue weighted by Crippen LogP contribution is -2.25. The number of rotatable bonds is 4. The Morgan fingerprint density at radius 2 is 1.91 bits per heavy atom. The third-order valence-corrected chi connectivity index (χ3v) is 5.42. The summed E-state index contributed by atoms with van der Waals surface area (Å²) in [6.07, 6.45) is -1.70. The van der Waals surface area contributed by atoms with Crippen LogP contribution in [0.1, 0.15) is 21.5 Å². The number of nitro benzene ring substituents is 1. The molecule has 3 heterocycles. The molecule has 1 N–H and O–H groups in total. The highest BCUT2D eigenvalue weighted by atomic mass is 19.4. The molecule has 1 aliphatic heterocycles. The van der Waals surface area contributed by atoms with Crippen molar-refractivity contribution in [2.75, 3.05) is 5.32 Å². The fourth-order valence-corrected chi connectivity index (χ4v) is 3.81. The average molecular weight is 482 g/mol. The Balaban J connectivity index is 1.56. The number of amides is 1. The van der Waals surface area contributed by atoms with Gasteiger partial charge in [-0.3, -0.25) is 29.6 Å². The Hall–Kier alpha value is -4.81. The van der Waals surface area contributed by atoms with E-state index < -0.39 is 28.1 Å². The molecule has 35 heavy (non-hydrogen) atoms. The highest BCUT2D eigenvalue weighted by Crippen LogP contribution is 2.33. The Bertz CT molecular complexity index is 1620. The van der Waals surface area contributed by atoms with Gasteiger partial charge in [0.05, 0.1) is 22.4 Å². The van der Waals surface area contributed by atoms with Crippen molar-refractivity contribution in [1.29, 1.82) is 0 Å². The maximum atomic E-state index is 13.2. The fourth-order valence-electron chi connectivity index (χ4n) is 3.81. The van der Waals surface area contributed by atoms with Crippen LogP contribution in [-0.4, -0.2) is 30.2 Å². The van der Waals surface area contributed by atoms with E-state index in [1.807, 2.05) is 0 Å². The van der Waals surface area contributed by atoms with E-state index in [1.54, 1.807) is 6.08 Å². The Morgan fingerprint density at radius 3 is 2.66 bits per heavy atom. The van der Waals surface area contributed by atoms with E-state index in [2.05, 4.69) is 15.4 Å². The van der Waals surface area contributed by atoms with E-state index in [9.17, 15) is 32.9 Å². The van der Waals surface area contributed by atoms with Crippen molar-refractivity contribution in [3.63, 3.8) is 0 Å². The topological polar surface area (TPSA) is 125 Å². The number of hydrogen-bond acceptors (Lipinski definition) is 6. The zero-order valence-corrected chi connectivity index (χ0v) is 17.5. The standard InChI is InChI=1S/C22H13F3N6O4/c23-22(24,25)14-5-1-3-12(9-14)17-7-8-29-20-16(11-26-30(17)20)19(33)28-21(29)27-18(32)13-4-2-6-15(10-13)31(34)35/h1-7,9-11H,8H2,(H,27,28,32,33). The predicted octanol–water partition coefficient (Wildman–Crippen LogP) is 3.68. The van der Waals surface area contributed by atoms with Crippen LogP contribution in [0.5, 0.6) is 0 Å². The minimum atomic E-state index is -4.53. The number of nitrogens with zero attached hydrogens (tertiary/aromatic N) is 5. The first kappa shape index (κ1) is 22.0. The van der Waals surface area contributed by atoms with Crippen LogP contribution in [0.25, 0.3) is 16.7 Å². The molecule has 1 aliphatic rings. The number of allylic oxidation sites excluding steroid dienone is 1. The molecule has 13 heteroatoms. The van der Waals surface area contributed by atoms with Gasteiger partial charge in [0.15, 0.2) is 5.65 Å². The molecule has 0 spiro atoms. The molecule has 0 aliphatic carbocycles. The first-order valence-electron chi connectivity index (χ1n) is 10.1. The first-order chi connectivity index (χ1) is 16.6. The van der Waals surface area contributed by atoms with Crippen LogP contribution in [0.15, 0.2) is 65.6 Å². The number of nitro groups is 1. The molecule has 0 fully saturated rings. The summed E-state index contributed by atoms with van der Waals surface area (Å²) in [5, 5.41) is 17.8. The van der Waals surface area contributed by atoms with Crippen LogP contribution < -0.4 is 10.9 Å². The number of benzene rings is 2. The molecule has 0 saturated carbocycles. The van der Waals surface area contributed by atoms with Crippen LogP contribution in [0.4, 0.5) is 24.8 Å². The van der Waals surface area contributed by atoms with Gasteiger partial charge in [-0.25, -0.2) is 4.68 Å². The van der Waals surface area contributed by atoms with E-state index in [0.717, 1.165) is 18.2 Å². The molecule has 4 aromatic rings. The van der Waals surface area contributed by atoms with Crippen LogP contribution >= 0.6 is 0 Å². The van der Waals surface area contributed by atoms with Crippen molar-refractivity contribution in [2.45, 2.75) is 12.7 Å². The highest BCUT2D eigenvalue weighted by molar-refractivity contribution is 6.04. The van der Waals surface area contributed by atoms with Gasteiger partial charge >= 0.3 is 6.18 Å². The van der Waals surface area contributed by atoms with Crippen molar-refractivity contribution in [1.82, 2.24) is 19.3 Å². The van der Waals surface area contributed by atoms with Gasteiger partial charge in [0, 0.05) is 29.8 Å². The van der Waals surface area contributed by atoms with Crippen LogP contribution in [0.2, 0.25) is 0 Å². The third kappa shape index (κ3) is 3.82. The monoisotopic (exact) mass is 482 g/mol. The molecule has 2 aromatic carbocycles. The fraction of sp³-hybridized carbons (Fsp3) is 0.0909. The number of aromatic nitrogens is 4. The summed E-state index contributed by atoms with van der Waals surface area (Å²) in [5.74, 6) is -0.873. The maximum Gasteiger partial charge on any atom is 0.416 e. The number of hydrogen-bond donors (Lipinski definition) is 1. The van der Waals surface area contributed by atoms with E-state index >= 15 is 0 Å². The lowest BCUT2D eigenvalue weighted by Gasteiger charge is -2.21. The normalized spacial score (nSPS) is 12.9. The second-order valence-corrected chi connectivity index (χ2v) is 7.57. The number of non-ortho nitro benzene ring substituents is 1. The van der Waals surface area contributed by atoms with E-state index in [0.29, 0.717) is 5.70 Å². The van der Waals surface area contributed by atoms with Gasteiger partial charge in [0.2, 0.25) is 5.95 Å². The molecule has 2 aromatic heterocycles. The molecule has 1 amide bonds. The van der Waals surface area contributed by atoms with E-state index in [4.69, 9.17) is 0 Å². The van der Waals surface area contributed by atoms with Gasteiger partial charge in [-0.05, 0) is 24.3 Å². The lowest BCUT2D eigenvalue weighted by molar-refractivity contribution is -0.384. The van der Waals surface area contributed by atoms with Gasteiger partial charge in [0.25, 0.3) is 17.2 Å². The molecule has 176 valence electrons. The van der Waals surface area contributed by atoms with Crippen molar-refractivity contribution in [3.05, 3.63) is 98.0 Å². The minimum Gasteiger partial charge on any atom is -0.292 e. The number of halogens is 3. The van der Waals surface area contributed by atoms with Gasteiger partial charge < -0.3 is 0 Å². The summed E-state index contributed by atoms with van der Waals surface area (Å²) < 4.78 is 42.4. The Morgan fingerprint density at radius 1 is 1.14 bits per heavy atom. The minimum absolute atomic E-state index is 0.0224. The third-order valence-electron chi connectivity index (χ3n) is 5.42. The van der Waals surface area contributed by atoms with Gasteiger partial charge in [0.1, 0.15) is 5.39 Å².